The number of aromatic amines is 1. The Balaban J connectivity index is 1.93. The summed E-state index contributed by atoms with van der Waals surface area (Å²) in [6, 6.07) is 13.3. The predicted molar refractivity (Wildman–Crippen MR) is 112 cm³/mol. The molecule has 1 N–H and O–H groups in total. The van der Waals surface area contributed by atoms with E-state index in [0.29, 0.717) is 33.7 Å². The Morgan fingerprint density at radius 1 is 1.23 bits per heavy atom. The summed E-state index contributed by atoms with van der Waals surface area (Å²) in [7, 11) is 0. The van der Waals surface area contributed by atoms with Crippen LogP contribution in [-0.4, -0.2) is 25.4 Å². The van der Waals surface area contributed by atoms with Crippen LogP contribution in [0, 0.1) is 17.0 Å². The molecule has 9 nitrogen and oxygen atoms in total. The molecule has 0 aliphatic carbocycles. The molecule has 9 heteroatoms. The largest absolute Gasteiger partial charge is 0.436 e. The van der Waals surface area contributed by atoms with Crippen LogP contribution in [0.15, 0.2) is 53.3 Å². The van der Waals surface area contributed by atoms with E-state index < -0.39 is 16.4 Å². The van der Waals surface area contributed by atoms with Crippen LogP contribution in [-0.2, 0) is 0 Å². The van der Waals surface area contributed by atoms with Gasteiger partial charge in [0.05, 0.1) is 27.6 Å². The standard InChI is InChI=1S/C22H16N4O5/c1-11-23-21(28)18-17(13-6-5-7-14(10-13)26(29)30)19-20(31-22(18)24-11)15-8-3-4-9-16(15)25(19)12(2)27/h3-10,17H,1-2H3,(H,23,24,28). The summed E-state index contributed by atoms with van der Waals surface area (Å²) in [5, 5.41) is 12.1. The second kappa shape index (κ2) is 6.63. The number of para-hydroxylation sites is 1. The van der Waals surface area contributed by atoms with Crippen molar-refractivity contribution in [3.8, 4) is 11.6 Å². The monoisotopic (exact) mass is 416 g/mol. The second-order valence-corrected chi connectivity index (χ2v) is 7.34. The van der Waals surface area contributed by atoms with Gasteiger partial charge < -0.3 is 9.72 Å². The predicted octanol–water partition coefficient (Wildman–Crippen LogP) is 3.89. The fourth-order valence-electron chi connectivity index (χ4n) is 4.21. The number of hydrogen-bond acceptors (Lipinski definition) is 6. The Morgan fingerprint density at radius 3 is 2.74 bits per heavy atom. The van der Waals surface area contributed by atoms with Crippen molar-refractivity contribution in [2.45, 2.75) is 19.8 Å². The number of H-pyrrole nitrogens is 1. The number of carbonyl (C=O) groups excluding carboxylic acids is 1. The molecule has 154 valence electrons. The first kappa shape index (κ1) is 18.7. The zero-order valence-corrected chi connectivity index (χ0v) is 16.6. The van der Waals surface area contributed by atoms with Gasteiger partial charge in [0.2, 0.25) is 11.8 Å². The molecule has 0 fully saturated rings. The highest BCUT2D eigenvalue weighted by atomic mass is 16.6. The molecular weight excluding hydrogens is 400 g/mol. The van der Waals surface area contributed by atoms with Crippen molar-refractivity contribution in [3.05, 3.63) is 91.6 Å². The Bertz CT molecular complexity index is 1470. The fourth-order valence-corrected chi connectivity index (χ4v) is 4.21. The summed E-state index contributed by atoms with van der Waals surface area (Å²) >= 11 is 0. The van der Waals surface area contributed by atoms with Crippen molar-refractivity contribution >= 4 is 22.5 Å². The number of nitro benzene ring substituents is 1. The van der Waals surface area contributed by atoms with Crippen LogP contribution in [0.1, 0.15) is 40.3 Å². The molecule has 0 saturated carbocycles. The molecule has 0 amide bonds. The van der Waals surface area contributed by atoms with Crippen LogP contribution in [0.4, 0.5) is 5.69 Å². The summed E-state index contributed by atoms with van der Waals surface area (Å²) in [6.07, 6.45) is 0. The van der Waals surface area contributed by atoms with Crippen molar-refractivity contribution < 1.29 is 14.5 Å². The number of nitrogens with one attached hydrogen (secondary N) is 1. The first-order valence-electron chi connectivity index (χ1n) is 9.54. The molecule has 1 aliphatic rings. The third-order valence-corrected chi connectivity index (χ3v) is 5.39. The number of nitrogens with zero attached hydrogens (tertiary/aromatic N) is 3. The molecule has 0 spiro atoms. The van der Waals surface area contributed by atoms with Gasteiger partial charge in [-0.1, -0.05) is 24.3 Å². The maximum absolute atomic E-state index is 13.0. The molecule has 3 heterocycles. The number of nitro groups is 1. The van der Waals surface area contributed by atoms with Crippen LogP contribution in [0.2, 0.25) is 0 Å². The van der Waals surface area contributed by atoms with E-state index in [0.717, 1.165) is 0 Å². The smallest absolute Gasteiger partial charge is 0.269 e. The Kier molecular flexibility index (Phi) is 4.01. The number of non-ortho nitro benzene ring substituents is 1. The lowest BCUT2D eigenvalue weighted by Gasteiger charge is -2.26. The summed E-state index contributed by atoms with van der Waals surface area (Å²) in [5.41, 5.74) is 1.21. The van der Waals surface area contributed by atoms with Crippen LogP contribution in [0.3, 0.4) is 0 Å². The molecule has 0 saturated heterocycles. The number of hydrogen-bond donors (Lipinski definition) is 1. The van der Waals surface area contributed by atoms with Crippen LogP contribution in [0.5, 0.6) is 11.6 Å². The third-order valence-electron chi connectivity index (χ3n) is 5.39. The molecule has 1 aliphatic heterocycles. The van der Waals surface area contributed by atoms with Crippen molar-refractivity contribution in [1.29, 1.82) is 0 Å². The Hall–Kier alpha value is -4.27. The van der Waals surface area contributed by atoms with Crippen LogP contribution < -0.4 is 10.3 Å². The SMILES string of the molecule is CC(=O)n1c2c(c3ccccc31)Oc1nc(C)[nH]c(=O)c1C2c1cccc([N+](=O)[O-])c1. The fraction of sp³-hybridized carbons (Fsp3) is 0.136. The van der Waals surface area contributed by atoms with Crippen LogP contribution in [0.25, 0.3) is 10.9 Å². The van der Waals surface area contributed by atoms with Crippen molar-refractivity contribution in [1.82, 2.24) is 14.5 Å². The van der Waals surface area contributed by atoms with E-state index in [1.165, 1.54) is 23.6 Å². The molecule has 4 aromatic rings. The third kappa shape index (κ3) is 2.74. The minimum absolute atomic E-state index is 0.117. The minimum Gasteiger partial charge on any atom is -0.436 e. The van der Waals surface area contributed by atoms with Crippen molar-refractivity contribution in [2.24, 2.45) is 0 Å². The topological polar surface area (TPSA) is 120 Å². The average molecular weight is 416 g/mol. The highest BCUT2D eigenvalue weighted by molar-refractivity contribution is 5.98. The Morgan fingerprint density at radius 2 is 2.00 bits per heavy atom. The molecule has 0 bridgehead atoms. The van der Waals surface area contributed by atoms with E-state index in [9.17, 15) is 19.7 Å². The van der Waals surface area contributed by atoms with Crippen LogP contribution >= 0.6 is 0 Å². The molecule has 2 aromatic heterocycles. The number of ether oxygens (including phenoxy) is 1. The molecule has 1 atom stereocenters. The van der Waals surface area contributed by atoms with Crippen molar-refractivity contribution in [3.63, 3.8) is 0 Å². The van der Waals surface area contributed by atoms with Gasteiger partial charge in [0.1, 0.15) is 5.82 Å². The second-order valence-electron chi connectivity index (χ2n) is 7.34. The average Bonchev–Trinajstić information content (AvgIpc) is 3.06. The molecular formula is C22H16N4O5. The van der Waals surface area contributed by atoms with E-state index in [1.807, 2.05) is 12.1 Å². The van der Waals surface area contributed by atoms with Gasteiger partial charge in [-0.3, -0.25) is 24.3 Å². The molecule has 2 aromatic carbocycles. The summed E-state index contributed by atoms with van der Waals surface area (Å²) in [6.45, 7) is 3.06. The number of aryl methyl sites for hydroxylation is 1. The van der Waals surface area contributed by atoms with Gasteiger partial charge in [0, 0.05) is 24.4 Å². The van der Waals surface area contributed by atoms with Gasteiger partial charge in [0.25, 0.3) is 11.2 Å². The number of aromatic nitrogens is 3. The van der Waals surface area contributed by atoms with E-state index >= 15 is 0 Å². The van der Waals surface area contributed by atoms with Gasteiger partial charge in [-0.05, 0) is 24.6 Å². The maximum atomic E-state index is 13.0. The van der Waals surface area contributed by atoms with Gasteiger partial charge in [-0.15, -0.1) is 0 Å². The number of benzene rings is 2. The molecule has 0 radical (unpaired) electrons. The normalized spacial score (nSPS) is 14.6. The summed E-state index contributed by atoms with van der Waals surface area (Å²) in [4.78, 5) is 43.6. The number of fused-ring (bicyclic) bond motifs is 4. The maximum Gasteiger partial charge on any atom is 0.269 e. The van der Waals surface area contributed by atoms with Crippen molar-refractivity contribution in [2.75, 3.05) is 0 Å². The first-order chi connectivity index (χ1) is 14.9. The number of carbonyl (C=O) groups is 1. The van der Waals surface area contributed by atoms with Gasteiger partial charge in [-0.25, -0.2) is 0 Å². The lowest BCUT2D eigenvalue weighted by Crippen LogP contribution is -2.27. The zero-order valence-electron chi connectivity index (χ0n) is 16.6. The lowest BCUT2D eigenvalue weighted by atomic mass is 9.87. The zero-order chi connectivity index (χ0) is 21.9. The Labute approximate surface area is 175 Å². The van der Waals surface area contributed by atoms with Gasteiger partial charge >= 0.3 is 0 Å². The van der Waals surface area contributed by atoms with Gasteiger partial charge in [0.15, 0.2) is 5.75 Å². The highest BCUT2D eigenvalue weighted by Gasteiger charge is 2.38. The first-order valence-corrected chi connectivity index (χ1v) is 9.54. The lowest BCUT2D eigenvalue weighted by molar-refractivity contribution is -0.384. The van der Waals surface area contributed by atoms with E-state index in [-0.39, 0.29) is 23.0 Å². The van der Waals surface area contributed by atoms with E-state index in [4.69, 9.17) is 4.74 Å². The quantitative estimate of drug-likeness (QED) is 0.344. The molecule has 1 unspecified atom stereocenters. The number of rotatable bonds is 2. The summed E-state index contributed by atoms with van der Waals surface area (Å²) < 4.78 is 7.57. The molecule has 31 heavy (non-hydrogen) atoms. The van der Waals surface area contributed by atoms with Gasteiger partial charge in [-0.2, -0.15) is 4.98 Å². The van der Waals surface area contributed by atoms with E-state index in [2.05, 4.69) is 9.97 Å². The highest BCUT2D eigenvalue weighted by Crippen LogP contribution is 2.49. The molecule has 5 rings (SSSR count). The van der Waals surface area contributed by atoms with E-state index in [1.54, 1.807) is 31.2 Å². The summed E-state index contributed by atoms with van der Waals surface area (Å²) in [5.74, 6) is -0.146. The minimum atomic E-state index is -0.785.